The van der Waals surface area contributed by atoms with Crippen molar-refractivity contribution in [3.05, 3.63) is 65.2 Å². The number of rotatable bonds is 8. The molecule has 1 amide bonds. The van der Waals surface area contributed by atoms with Gasteiger partial charge in [0.15, 0.2) is 6.61 Å². The minimum absolute atomic E-state index is 0.126. The number of methoxy groups -OCH3 is 1. The van der Waals surface area contributed by atoms with Gasteiger partial charge in [0.05, 0.1) is 18.6 Å². The van der Waals surface area contributed by atoms with E-state index in [4.69, 9.17) is 16.3 Å². The zero-order chi connectivity index (χ0) is 18.1. The first-order valence-corrected chi connectivity index (χ1v) is 8.24. The zero-order valence-corrected chi connectivity index (χ0v) is 14.7. The monoisotopic (exact) mass is 361 g/mol. The number of carbonyl (C=O) groups excluding carboxylic acids is 2. The van der Waals surface area contributed by atoms with Crippen molar-refractivity contribution in [3.8, 4) is 5.75 Å². The Morgan fingerprint density at radius 2 is 1.72 bits per heavy atom. The van der Waals surface area contributed by atoms with Crippen molar-refractivity contribution in [1.29, 1.82) is 0 Å². The van der Waals surface area contributed by atoms with Crippen LogP contribution >= 0.6 is 11.6 Å². The van der Waals surface area contributed by atoms with Crippen molar-refractivity contribution in [2.75, 3.05) is 20.3 Å². The van der Waals surface area contributed by atoms with Crippen molar-refractivity contribution in [2.45, 2.75) is 13.0 Å². The molecule has 2 aromatic carbocycles. The summed E-state index contributed by atoms with van der Waals surface area (Å²) in [7, 11) is 1.33. The molecular weight excluding hydrogens is 342 g/mol. The third-order valence-electron chi connectivity index (χ3n) is 3.57. The smallest absolute Gasteiger partial charge is 0.307 e. The number of amides is 1. The van der Waals surface area contributed by atoms with E-state index in [9.17, 15) is 9.59 Å². The van der Waals surface area contributed by atoms with E-state index in [1.165, 1.54) is 7.11 Å². The first-order chi connectivity index (χ1) is 12.1. The number of nitrogens with zero attached hydrogens (tertiary/aromatic N) is 1. The van der Waals surface area contributed by atoms with E-state index in [1.54, 1.807) is 29.2 Å². The Labute approximate surface area is 152 Å². The van der Waals surface area contributed by atoms with E-state index in [1.807, 2.05) is 30.3 Å². The Morgan fingerprint density at radius 1 is 1.04 bits per heavy atom. The zero-order valence-electron chi connectivity index (χ0n) is 14.0. The average molecular weight is 362 g/mol. The summed E-state index contributed by atoms with van der Waals surface area (Å²) >= 11 is 6.03. The summed E-state index contributed by atoms with van der Waals surface area (Å²) < 4.78 is 10.2. The van der Waals surface area contributed by atoms with E-state index >= 15 is 0 Å². The largest absolute Gasteiger partial charge is 0.482 e. The lowest BCUT2D eigenvalue weighted by Gasteiger charge is -2.22. The second-order valence-corrected chi connectivity index (χ2v) is 5.75. The first kappa shape index (κ1) is 18.8. The number of ether oxygens (including phenoxy) is 2. The van der Waals surface area contributed by atoms with Crippen LogP contribution in [0.3, 0.4) is 0 Å². The van der Waals surface area contributed by atoms with E-state index in [0.717, 1.165) is 5.56 Å². The minimum atomic E-state index is -0.363. The number of carbonyl (C=O) groups is 2. The third-order valence-corrected chi connectivity index (χ3v) is 3.88. The lowest BCUT2D eigenvalue weighted by atomic mass is 10.2. The van der Waals surface area contributed by atoms with Gasteiger partial charge < -0.3 is 14.4 Å². The molecule has 5 nitrogen and oxygen atoms in total. The van der Waals surface area contributed by atoms with Crippen LogP contribution in [0.2, 0.25) is 5.02 Å². The van der Waals surface area contributed by atoms with Crippen LogP contribution in [0.1, 0.15) is 12.0 Å². The highest BCUT2D eigenvalue weighted by Gasteiger charge is 2.17. The molecule has 132 valence electrons. The maximum atomic E-state index is 12.5. The summed E-state index contributed by atoms with van der Waals surface area (Å²) in [5, 5.41) is 0.444. The summed E-state index contributed by atoms with van der Waals surface area (Å²) in [5.74, 6) is -0.143. The highest BCUT2D eigenvalue weighted by atomic mass is 35.5. The summed E-state index contributed by atoms with van der Waals surface area (Å²) in [6, 6.07) is 16.5. The Kier molecular flexibility index (Phi) is 7.29. The van der Waals surface area contributed by atoms with Crippen LogP contribution in [0.4, 0.5) is 0 Å². The molecule has 0 aliphatic carbocycles. The number of esters is 1. The summed E-state index contributed by atoms with van der Waals surface area (Å²) in [6.45, 7) is 0.493. The van der Waals surface area contributed by atoms with Crippen molar-refractivity contribution in [2.24, 2.45) is 0 Å². The number of halogens is 1. The topological polar surface area (TPSA) is 55.8 Å². The van der Waals surface area contributed by atoms with Gasteiger partial charge in [0.25, 0.3) is 5.91 Å². The number of para-hydroxylation sites is 1. The second-order valence-electron chi connectivity index (χ2n) is 5.35. The number of hydrogen-bond donors (Lipinski definition) is 0. The van der Waals surface area contributed by atoms with Crippen LogP contribution < -0.4 is 4.74 Å². The quantitative estimate of drug-likeness (QED) is 0.677. The van der Waals surface area contributed by atoms with Crippen molar-refractivity contribution < 1.29 is 19.1 Å². The fourth-order valence-electron chi connectivity index (χ4n) is 2.22. The molecule has 2 aromatic rings. The highest BCUT2D eigenvalue weighted by molar-refractivity contribution is 6.32. The van der Waals surface area contributed by atoms with Crippen LogP contribution in [0.15, 0.2) is 54.6 Å². The third kappa shape index (κ3) is 6.12. The van der Waals surface area contributed by atoms with Crippen LogP contribution in [0.25, 0.3) is 0 Å². The van der Waals surface area contributed by atoms with Gasteiger partial charge in [0, 0.05) is 13.1 Å². The second kappa shape index (κ2) is 9.69. The molecule has 0 aromatic heterocycles. The molecule has 0 aliphatic rings. The van der Waals surface area contributed by atoms with Crippen molar-refractivity contribution in [1.82, 2.24) is 4.90 Å². The molecule has 25 heavy (non-hydrogen) atoms. The first-order valence-electron chi connectivity index (χ1n) is 7.86. The van der Waals surface area contributed by atoms with Gasteiger partial charge in [-0.1, -0.05) is 54.1 Å². The van der Waals surface area contributed by atoms with Crippen LogP contribution in [0, 0.1) is 0 Å². The Balaban J connectivity index is 2.00. The summed E-state index contributed by atoms with van der Waals surface area (Å²) in [6.07, 6.45) is 0.126. The molecule has 0 atom stereocenters. The molecule has 2 rings (SSSR count). The van der Waals surface area contributed by atoms with Gasteiger partial charge in [-0.15, -0.1) is 0 Å². The molecule has 0 unspecified atom stereocenters. The molecule has 0 radical (unpaired) electrons. The molecular formula is C19H20ClNO4. The van der Waals surface area contributed by atoms with Gasteiger partial charge in [-0.3, -0.25) is 9.59 Å². The van der Waals surface area contributed by atoms with Crippen molar-refractivity contribution >= 4 is 23.5 Å². The number of benzene rings is 2. The van der Waals surface area contributed by atoms with Crippen LogP contribution in [0.5, 0.6) is 5.75 Å². The van der Waals surface area contributed by atoms with Crippen LogP contribution in [-0.4, -0.2) is 37.0 Å². The number of hydrogen-bond acceptors (Lipinski definition) is 4. The molecule has 0 N–H and O–H groups in total. The van der Waals surface area contributed by atoms with Gasteiger partial charge >= 0.3 is 5.97 Å². The molecule has 0 heterocycles. The van der Waals surface area contributed by atoms with Gasteiger partial charge in [-0.2, -0.15) is 0 Å². The molecule has 0 bridgehead atoms. The SMILES string of the molecule is COC(=O)CCN(Cc1ccccc1)C(=O)COc1ccccc1Cl. The minimum Gasteiger partial charge on any atom is -0.482 e. The van der Waals surface area contributed by atoms with Crippen molar-refractivity contribution in [3.63, 3.8) is 0 Å². The molecule has 0 saturated heterocycles. The lowest BCUT2D eigenvalue weighted by molar-refractivity contribution is -0.142. The lowest BCUT2D eigenvalue weighted by Crippen LogP contribution is -2.36. The van der Waals surface area contributed by atoms with E-state index in [-0.39, 0.29) is 31.4 Å². The molecule has 0 saturated carbocycles. The summed E-state index contributed by atoms with van der Waals surface area (Å²) in [4.78, 5) is 25.5. The van der Waals surface area contributed by atoms with Gasteiger partial charge in [-0.25, -0.2) is 0 Å². The molecule has 0 fully saturated rings. The van der Waals surface area contributed by atoms with Crippen LogP contribution in [-0.2, 0) is 20.9 Å². The molecule has 0 aliphatic heterocycles. The Morgan fingerprint density at radius 3 is 2.40 bits per heavy atom. The van der Waals surface area contributed by atoms with E-state index in [0.29, 0.717) is 17.3 Å². The van der Waals surface area contributed by atoms with E-state index in [2.05, 4.69) is 4.74 Å². The maximum Gasteiger partial charge on any atom is 0.307 e. The fraction of sp³-hybridized carbons (Fsp3) is 0.263. The predicted molar refractivity (Wildman–Crippen MR) is 95.4 cm³/mol. The fourth-order valence-corrected chi connectivity index (χ4v) is 2.41. The standard InChI is InChI=1S/C19H20ClNO4/c1-24-19(23)11-12-21(13-15-7-3-2-4-8-15)18(22)14-25-17-10-6-5-9-16(17)20/h2-10H,11-14H2,1H3. The van der Waals surface area contributed by atoms with Gasteiger partial charge in [-0.05, 0) is 17.7 Å². The average Bonchev–Trinajstić information content (AvgIpc) is 2.64. The van der Waals surface area contributed by atoms with Gasteiger partial charge in [0.2, 0.25) is 0 Å². The van der Waals surface area contributed by atoms with E-state index < -0.39 is 0 Å². The maximum absolute atomic E-state index is 12.5. The molecule has 0 spiro atoms. The Bertz CT molecular complexity index is 706. The normalized spacial score (nSPS) is 10.2. The Hall–Kier alpha value is -2.53. The van der Waals surface area contributed by atoms with Gasteiger partial charge in [0.1, 0.15) is 5.75 Å². The summed E-state index contributed by atoms with van der Waals surface area (Å²) in [5.41, 5.74) is 0.971. The highest BCUT2D eigenvalue weighted by Crippen LogP contribution is 2.23. The molecule has 6 heteroatoms. The predicted octanol–water partition coefficient (Wildman–Crippen LogP) is 3.31.